The van der Waals surface area contributed by atoms with E-state index in [9.17, 15) is 14.7 Å². The Balaban J connectivity index is 1.52. The molecule has 35 heavy (non-hydrogen) atoms. The van der Waals surface area contributed by atoms with Crippen molar-refractivity contribution in [3.63, 3.8) is 0 Å². The Bertz CT molecular complexity index is 1390. The number of benzene rings is 2. The van der Waals surface area contributed by atoms with Crippen LogP contribution in [0.25, 0.3) is 27.8 Å². The molecule has 9 nitrogen and oxygen atoms in total. The number of rotatable bonds is 4. The van der Waals surface area contributed by atoms with E-state index in [1.807, 2.05) is 61.5 Å². The number of nitrogens with zero attached hydrogens (tertiary/aromatic N) is 5. The van der Waals surface area contributed by atoms with Crippen molar-refractivity contribution in [3.05, 3.63) is 72.1 Å². The van der Waals surface area contributed by atoms with Crippen LogP contribution in [-0.4, -0.2) is 70.1 Å². The Kier molecular flexibility index (Phi) is 5.82. The molecule has 1 saturated heterocycles. The fourth-order valence-corrected chi connectivity index (χ4v) is 4.50. The highest BCUT2D eigenvalue weighted by Crippen LogP contribution is 2.33. The van der Waals surface area contributed by atoms with Crippen molar-refractivity contribution in [2.75, 3.05) is 38.2 Å². The highest BCUT2D eigenvalue weighted by Gasteiger charge is 2.23. The maximum absolute atomic E-state index is 11.9. The lowest BCUT2D eigenvalue weighted by Gasteiger charge is -2.35. The lowest BCUT2D eigenvalue weighted by Crippen LogP contribution is -2.48. The maximum atomic E-state index is 11.9. The molecule has 3 heterocycles. The lowest BCUT2D eigenvalue weighted by molar-refractivity contribution is 0.0690. The number of fused-ring (bicyclic) bond motifs is 1. The summed E-state index contributed by atoms with van der Waals surface area (Å²) in [4.78, 5) is 32.0. The van der Waals surface area contributed by atoms with Gasteiger partial charge in [-0.1, -0.05) is 30.3 Å². The van der Waals surface area contributed by atoms with Crippen LogP contribution in [0.2, 0.25) is 0 Å². The zero-order chi connectivity index (χ0) is 24.5. The summed E-state index contributed by atoms with van der Waals surface area (Å²) in [6.07, 6.45) is -0.303. The summed E-state index contributed by atoms with van der Waals surface area (Å²) in [7, 11) is 1.39. The zero-order valence-corrected chi connectivity index (χ0v) is 19.5. The number of aryl methyl sites for hydroxylation is 1. The Morgan fingerprint density at radius 3 is 2.26 bits per heavy atom. The summed E-state index contributed by atoms with van der Waals surface area (Å²) in [5.41, 5.74) is 4.75. The Morgan fingerprint density at radius 1 is 0.943 bits per heavy atom. The van der Waals surface area contributed by atoms with Gasteiger partial charge in [0.2, 0.25) is 0 Å². The molecule has 2 aromatic carbocycles. The summed E-state index contributed by atoms with van der Waals surface area (Å²) in [6.45, 7) is 4.52. The number of piperazine rings is 1. The van der Waals surface area contributed by atoms with Crippen LogP contribution in [0.5, 0.6) is 0 Å². The number of carbonyl (C=O) groups excluding carboxylic acids is 1. The first-order valence-electron chi connectivity index (χ1n) is 11.3. The Morgan fingerprint density at radius 2 is 1.63 bits per heavy atom. The highest BCUT2D eigenvalue weighted by atomic mass is 16.5. The number of anilines is 1. The predicted octanol–water partition coefficient (Wildman–Crippen LogP) is 3.98. The molecular weight excluding hydrogens is 446 g/mol. The van der Waals surface area contributed by atoms with Crippen molar-refractivity contribution in [1.82, 2.24) is 19.7 Å². The van der Waals surface area contributed by atoms with Crippen molar-refractivity contribution in [3.8, 4) is 16.8 Å². The average Bonchev–Trinajstić information content (AvgIpc) is 3.24. The van der Waals surface area contributed by atoms with E-state index >= 15 is 0 Å². The van der Waals surface area contributed by atoms with E-state index in [1.165, 1.54) is 7.11 Å². The van der Waals surface area contributed by atoms with Crippen molar-refractivity contribution < 1.29 is 19.4 Å². The van der Waals surface area contributed by atoms with Crippen LogP contribution in [0.3, 0.4) is 0 Å². The van der Waals surface area contributed by atoms with Crippen LogP contribution >= 0.6 is 0 Å². The van der Waals surface area contributed by atoms with E-state index in [-0.39, 0.29) is 11.8 Å². The summed E-state index contributed by atoms with van der Waals surface area (Å²) >= 11 is 0. The summed E-state index contributed by atoms with van der Waals surface area (Å²) in [5, 5.41) is 15.2. The van der Waals surface area contributed by atoms with Crippen molar-refractivity contribution in [1.29, 1.82) is 0 Å². The molecule has 2 aromatic heterocycles. The van der Waals surface area contributed by atoms with Crippen molar-refractivity contribution in [2.45, 2.75) is 6.92 Å². The van der Waals surface area contributed by atoms with E-state index < -0.39 is 5.97 Å². The van der Waals surface area contributed by atoms with Crippen LogP contribution in [0.1, 0.15) is 16.2 Å². The predicted molar refractivity (Wildman–Crippen MR) is 132 cm³/mol. The number of methoxy groups -OCH3 is 1. The van der Waals surface area contributed by atoms with Crippen molar-refractivity contribution >= 4 is 28.8 Å². The number of pyridine rings is 1. The minimum absolute atomic E-state index is 0.0346. The number of carboxylic acid groups (broad SMARTS) is 1. The second-order valence-corrected chi connectivity index (χ2v) is 8.38. The second-order valence-electron chi connectivity index (χ2n) is 8.38. The van der Waals surface area contributed by atoms with Gasteiger partial charge in [-0.2, -0.15) is 5.10 Å². The molecule has 5 rings (SSSR count). The summed E-state index contributed by atoms with van der Waals surface area (Å²) < 4.78 is 6.50. The Hall–Kier alpha value is -4.40. The van der Waals surface area contributed by atoms with E-state index in [2.05, 4.69) is 15.0 Å². The molecule has 1 amide bonds. The van der Waals surface area contributed by atoms with Gasteiger partial charge < -0.3 is 19.6 Å². The van der Waals surface area contributed by atoms with E-state index in [4.69, 9.17) is 4.74 Å². The second kappa shape index (κ2) is 9.09. The number of aromatic nitrogens is 3. The maximum Gasteiger partial charge on any atom is 0.409 e. The molecule has 0 radical (unpaired) electrons. The third kappa shape index (κ3) is 4.16. The minimum atomic E-state index is -1.09. The van der Waals surface area contributed by atoms with E-state index in [1.54, 1.807) is 15.6 Å². The number of aromatic carboxylic acids is 1. The standard InChI is InChI=1S/C26H25N5O4/c1-17-23-21(16-22(25(32)33)27-24(23)31(28-17)20-6-4-3-5-7-20)18-8-10-19(11-9-18)29-12-14-30(15-13-29)26(34)35-2/h3-11,16H,12-15H2,1-2H3,(H,32,33). The normalized spacial score (nSPS) is 13.8. The monoisotopic (exact) mass is 471 g/mol. The van der Waals surface area contributed by atoms with Crippen molar-refractivity contribution in [2.24, 2.45) is 0 Å². The van der Waals surface area contributed by atoms with Crippen LogP contribution in [0.4, 0.5) is 10.5 Å². The molecule has 4 aromatic rings. The van der Waals surface area contributed by atoms with Gasteiger partial charge in [0, 0.05) is 31.9 Å². The third-order valence-electron chi connectivity index (χ3n) is 6.29. The average molecular weight is 472 g/mol. The van der Waals surface area contributed by atoms with Gasteiger partial charge in [-0.05, 0) is 48.4 Å². The van der Waals surface area contributed by atoms with Crippen LogP contribution < -0.4 is 4.90 Å². The first-order chi connectivity index (χ1) is 17.0. The molecule has 1 N–H and O–H groups in total. The molecule has 0 aliphatic carbocycles. The van der Waals surface area contributed by atoms with Gasteiger partial charge >= 0.3 is 12.1 Å². The van der Waals surface area contributed by atoms with Crippen LogP contribution in [0, 0.1) is 6.92 Å². The molecule has 0 saturated carbocycles. The SMILES string of the molecule is COC(=O)N1CCN(c2ccc(-c3cc(C(=O)O)nc4c3c(C)nn4-c3ccccc3)cc2)CC1. The number of hydrogen-bond donors (Lipinski definition) is 1. The highest BCUT2D eigenvalue weighted by molar-refractivity contribution is 6.00. The summed E-state index contributed by atoms with van der Waals surface area (Å²) in [5.74, 6) is -1.09. The fraction of sp³-hybridized carbons (Fsp3) is 0.231. The molecular formula is C26H25N5O4. The molecule has 0 atom stereocenters. The topological polar surface area (TPSA) is 101 Å². The fourth-order valence-electron chi connectivity index (χ4n) is 4.50. The molecule has 0 unspecified atom stereocenters. The third-order valence-corrected chi connectivity index (χ3v) is 6.29. The van der Waals surface area contributed by atoms with Crippen LogP contribution in [0.15, 0.2) is 60.7 Å². The van der Waals surface area contributed by atoms with Gasteiger partial charge in [-0.25, -0.2) is 19.3 Å². The first-order valence-corrected chi connectivity index (χ1v) is 11.3. The van der Waals surface area contributed by atoms with Gasteiger partial charge in [0.15, 0.2) is 11.3 Å². The van der Waals surface area contributed by atoms with Gasteiger partial charge in [-0.3, -0.25) is 0 Å². The number of ether oxygens (including phenoxy) is 1. The number of hydrogen-bond acceptors (Lipinski definition) is 6. The molecule has 1 fully saturated rings. The molecule has 9 heteroatoms. The lowest BCUT2D eigenvalue weighted by atomic mass is 10.0. The largest absolute Gasteiger partial charge is 0.477 e. The minimum Gasteiger partial charge on any atom is -0.477 e. The quantitative estimate of drug-likeness (QED) is 0.480. The number of para-hydroxylation sites is 1. The molecule has 0 spiro atoms. The number of amides is 1. The van der Waals surface area contributed by atoms with Gasteiger partial charge in [0.1, 0.15) is 0 Å². The van der Waals surface area contributed by atoms with Gasteiger partial charge in [0.05, 0.1) is 23.9 Å². The van der Waals surface area contributed by atoms with Gasteiger partial charge in [0.25, 0.3) is 0 Å². The first kappa shape index (κ1) is 22.4. The molecule has 1 aliphatic heterocycles. The Labute approximate surface area is 202 Å². The number of carboxylic acids is 1. The molecule has 0 bridgehead atoms. The number of carbonyl (C=O) groups is 2. The van der Waals surface area contributed by atoms with Gasteiger partial charge in [-0.15, -0.1) is 0 Å². The zero-order valence-electron chi connectivity index (χ0n) is 19.5. The summed E-state index contributed by atoms with van der Waals surface area (Å²) in [6, 6.07) is 19.2. The molecule has 178 valence electrons. The van der Waals surface area contributed by atoms with Crippen LogP contribution in [-0.2, 0) is 4.74 Å². The van der Waals surface area contributed by atoms with E-state index in [0.29, 0.717) is 31.8 Å². The smallest absolute Gasteiger partial charge is 0.409 e. The molecule has 1 aliphatic rings. The van der Waals surface area contributed by atoms with E-state index in [0.717, 1.165) is 33.6 Å².